The molecule has 0 saturated carbocycles. The standard InChI is InChI=1S/C17H12ClF3N2O7/c1-2-28-16(25)22-30-15(24)11-8-10(4-5-13(11)23(26)27)29-14-6-3-9(7-12(14)18)17(19,20)21/h3-8H,2H2,1H3,(H,22,25). The third-order valence-corrected chi connectivity index (χ3v) is 3.67. The van der Waals surface area contributed by atoms with Gasteiger partial charge in [0.15, 0.2) is 0 Å². The summed E-state index contributed by atoms with van der Waals surface area (Å²) < 4.78 is 47.9. The van der Waals surface area contributed by atoms with Crippen molar-refractivity contribution in [3.8, 4) is 11.5 Å². The van der Waals surface area contributed by atoms with Crippen LogP contribution >= 0.6 is 11.6 Å². The molecule has 0 unspecified atom stereocenters. The molecule has 0 bridgehead atoms. The number of nitro groups is 1. The first-order valence-electron chi connectivity index (χ1n) is 8.00. The maximum absolute atomic E-state index is 12.7. The molecular formula is C17H12ClF3N2O7. The Balaban J connectivity index is 2.28. The molecule has 160 valence electrons. The van der Waals surface area contributed by atoms with Gasteiger partial charge < -0.3 is 14.3 Å². The highest BCUT2D eigenvalue weighted by atomic mass is 35.5. The number of nitrogens with zero attached hydrogens (tertiary/aromatic N) is 1. The molecule has 0 aliphatic carbocycles. The fraction of sp³-hybridized carbons (Fsp3) is 0.176. The number of amides is 1. The fourth-order valence-electron chi connectivity index (χ4n) is 2.09. The average Bonchev–Trinajstić information content (AvgIpc) is 2.66. The minimum absolute atomic E-state index is 0.0132. The zero-order chi connectivity index (χ0) is 22.5. The molecule has 0 atom stereocenters. The summed E-state index contributed by atoms with van der Waals surface area (Å²) >= 11 is 5.80. The first-order valence-corrected chi connectivity index (χ1v) is 8.37. The van der Waals surface area contributed by atoms with E-state index in [0.717, 1.165) is 30.3 Å². The van der Waals surface area contributed by atoms with Crippen molar-refractivity contribution in [3.05, 3.63) is 62.7 Å². The molecule has 9 nitrogen and oxygen atoms in total. The van der Waals surface area contributed by atoms with Crippen molar-refractivity contribution in [2.45, 2.75) is 13.1 Å². The molecule has 2 rings (SSSR count). The minimum atomic E-state index is -4.61. The zero-order valence-electron chi connectivity index (χ0n) is 15.0. The van der Waals surface area contributed by atoms with Gasteiger partial charge in [-0.15, -0.1) is 5.48 Å². The molecule has 0 aliphatic rings. The van der Waals surface area contributed by atoms with Crippen molar-refractivity contribution in [2.75, 3.05) is 6.61 Å². The van der Waals surface area contributed by atoms with E-state index in [0.29, 0.717) is 6.07 Å². The van der Waals surface area contributed by atoms with E-state index in [1.165, 1.54) is 6.92 Å². The van der Waals surface area contributed by atoms with Crippen LogP contribution in [0.3, 0.4) is 0 Å². The van der Waals surface area contributed by atoms with Crippen LogP contribution in [0.4, 0.5) is 23.7 Å². The van der Waals surface area contributed by atoms with E-state index in [1.54, 1.807) is 5.48 Å². The summed E-state index contributed by atoms with van der Waals surface area (Å²) in [5.41, 5.74) is -0.627. The molecule has 1 amide bonds. The van der Waals surface area contributed by atoms with Crippen LogP contribution in [0.25, 0.3) is 0 Å². The van der Waals surface area contributed by atoms with E-state index in [4.69, 9.17) is 16.3 Å². The highest BCUT2D eigenvalue weighted by molar-refractivity contribution is 6.32. The van der Waals surface area contributed by atoms with Gasteiger partial charge in [-0.25, -0.2) is 9.59 Å². The van der Waals surface area contributed by atoms with Crippen LogP contribution in [0.1, 0.15) is 22.8 Å². The van der Waals surface area contributed by atoms with Gasteiger partial charge in [0.2, 0.25) is 0 Å². The third-order valence-electron chi connectivity index (χ3n) is 3.37. The van der Waals surface area contributed by atoms with Crippen LogP contribution in [0.2, 0.25) is 5.02 Å². The molecule has 1 N–H and O–H groups in total. The number of nitrogens with one attached hydrogen (secondary N) is 1. The number of carbonyl (C=O) groups excluding carboxylic acids is 2. The summed E-state index contributed by atoms with van der Waals surface area (Å²) in [6, 6.07) is 5.23. The average molecular weight is 449 g/mol. The van der Waals surface area contributed by atoms with Gasteiger partial charge >= 0.3 is 18.2 Å². The number of ether oxygens (including phenoxy) is 2. The number of hydroxylamine groups is 1. The number of nitro benzene ring substituents is 1. The smallest absolute Gasteiger partial charge is 0.440 e. The SMILES string of the molecule is CCOC(=O)NOC(=O)c1cc(Oc2ccc(C(F)(F)F)cc2Cl)ccc1[N+](=O)[O-]. The van der Waals surface area contributed by atoms with Crippen molar-refractivity contribution in [1.82, 2.24) is 5.48 Å². The van der Waals surface area contributed by atoms with Crippen molar-refractivity contribution >= 4 is 29.4 Å². The summed E-state index contributed by atoms with van der Waals surface area (Å²) in [6.07, 6.45) is -5.71. The first-order chi connectivity index (χ1) is 14.0. The summed E-state index contributed by atoms with van der Waals surface area (Å²) in [5.74, 6) is -1.66. The lowest BCUT2D eigenvalue weighted by Crippen LogP contribution is -2.28. The highest BCUT2D eigenvalue weighted by Crippen LogP contribution is 2.37. The van der Waals surface area contributed by atoms with Gasteiger partial charge in [-0.1, -0.05) is 11.6 Å². The van der Waals surface area contributed by atoms with Crippen LogP contribution < -0.4 is 10.2 Å². The molecule has 13 heteroatoms. The Labute approximate surface area is 171 Å². The van der Waals surface area contributed by atoms with Gasteiger partial charge in [-0.05, 0) is 31.2 Å². The van der Waals surface area contributed by atoms with E-state index in [-0.39, 0.29) is 23.1 Å². The number of hydrogen-bond donors (Lipinski definition) is 1. The Morgan fingerprint density at radius 1 is 1.20 bits per heavy atom. The van der Waals surface area contributed by atoms with Crippen LogP contribution in [-0.4, -0.2) is 23.6 Å². The Morgan fingerprint density at radius 2 is 1.90 bits per heavy atom. The molecule has 2 aromatic rings. The van der Waals surface area contributed by atoms with Crippen molar-refractivity contribution in [1.29, 1.82) is 0 Å². The van der Waals surface area contributed by atoms with Crippen LogP contribution in [0, 0.1) is 10.1 Å². The Morgan fingerprint density at radius 3 is 2.47 bits per heavy atom. The van der Waals surface area contributed by atoms with E-state index in [1.807, 2.05) is 0 Å². The minimum Gasteiger partial charge on any atom is -0.456 e. The van der Waals surface area contributed by atoms with Gasteiger partial charge in [0.05, 0.1) is 22.1 Å². The molecule has 0 radical (unpaired) electrons. The van der Waals surface area contributed by atoms with Crippen LogP contribution in [0.15, 0.2) is 36.4 Å². The quantitative estimate of drug-likeness (QED) is 0.511. The molecule has 0 aromatic heterocycles. The lowest BCUT2D eigenvalue weighted by molar-refractivity contribution is -0.385. The lowest BCUT2D eigenvalue weighted by Gasteiger charge is -2.12. The largest absolute Gasteiger partial charge is 0.456 e. The number of hydrogen-bond acceptors (Lipinski definition) is 7. The predicted octanol–water partition coefficient (Wildman–Crippen LogP) is 4.88. The number of carbonyl (C=O) groups is 2. The number of benzene rings is 2. The van der Waals surface area contributed by atoms with Crippen molar-refractivity contribution in [3.63, 3.8) is 0 Å². The third kappa shape index (κ3) is 5.73. The Kier molecular flexibility index (Phi) is 7.06. The predicted molar refractivity (Wildman–Crippen MR) is 95.2 cm³/mol. The van der Waals surface area contributed by atoms with Crippen molar-refractivity contribution < 1.29 is 42.0 Å². The van der Waals surface area contributed by atoms with Crippen molar-refractivity contribution in [2.24, 2.45) is 0 Å². The second-order valence-corrected chi connectivity index (χ2v) is 5.80. The first kappa shape index (κ1) is 22.7. The van der Waals surface area contributed by atoms with Gasteiger partial charge in [0.1, 0.15) is 17.1 Å². The molecule has 0 saturated heterocycles. The molecule has 0 fully saturated rings. The zero-order valence-corrected chi connectivity index (χ0v) is 15.7. The van der Waals surface area contributed by atoms with E-state index < -0.39 is 40.0 Å². The monoisotopic (exact) mass is 448 g/mol. The van der Waals surface area contributed by atoms with E-state index in [9.17, 15) is 32.9 Å². The van der Waals surface area contributed by atoms with Gasteiger partial charge in [-0.3, -0.25) is 10.1 Å². The maximum atomic E-state index is 12.7. The lowest BCUT2D eigenvalue weighted by atomic mass is 10.1. The Bertz CT molecular complexity index is 982. The summed E-state index contributed by atoms with van der Waals surface area (Å²) in [4.78, 5) is 38.0. The molecule has 0 aliphatic heterocycles. The van der Waals surface area contributed by atoms with Gasteiger partial charge in [0, 0.05) is 12.1 Å². The number of alkyl halides is 3. The van der Waals surface area contributed by atoms with Gasteiger partial charge in [0.25, 0.3) is 5.69 Å². The second-order valence-electron chi connectivity index (χ2n) is 5.39. The number of halogens is 4. The Hall–Kier alpha value is -3.54. The maximum Gasteiger partial charge on any atom is 0.440 e. The molecule has 0 spiro atoms. The van der Waals surface area contributed by atoms with Crippen LogP contribution in [0.5, 0.6) is 11.5 Å². The normalized spacial score (nSPS) is 10.8. The topological polar surface area (TPSA) is 117 Å². The summed E-state index contributed by atoms with van der Waals surface area (Å²) in [5, 5.41) is 10.8. The molecule has 2 aromatic carbocycles. The van der Waals surface area contributed by atoms with Crippen LogP contribution in [-0.2, 0) is 15.8 Å². The van der Waals surface area contributed by atoms with Gasteiger partial charge in [-0.2, -0.15) is 13.2 Å². The van der Waals surface area contributed by atoms with E-state index >= 15 is 0 Å². The second kappa shape index (κ2) is 9.31. The van der Waals surface area contributed by atoms with E-state index in [2.05, 4.69) is 9.57 Å². The molecular weight excluding hydrogens is 437 g/mol. The number of rotatable bonds is 5. The summed E-state index contributed by atoms with van der Waals surface area (Å²) in [7, 11) is 0. The summed E-state index contributed by atoms with van der Waals surface area (Å²) in [6.45, 7) is 1.49. The fourth-order valence-corrected chi connectivity index (χ4v) is 2.31. The highest BCUT2D eigenvalue weighted by Gasteiger charge is 2.31. The molecule has 30 heavy (non-hydrogen) atoms. The molecule has 0 heterocycles.